The molecule has 0 bridgehead atoms. The number of fused-ring (bicyclic) bond motifs is 2. The summed E-state index contributed by atoms with van der Waals surface area (Å²) in [5.41, 5.74) is 1.07. The Bertz CT molecular complexity index is 1230. The second-order valence-electron chi connectivity index (χ2n) is 6.60. The van der Waals surface area contributed by atoms with E-state index in [1.54, 1.807) is 10.6 Å². The van der Waals surface area contributed by atoms with Gasteiger partial charge < -0.3 is 13.7 Å². The van der Waals surface area contributed by atoms with Crippen molar-refractivity contribution in [2.45, 2.75) is 24.2 Å². The maximum Gasteiger partial charge on any atom is 0.308 e. The molecular formula is C20H15N3O5S. The molecule has 146 valence electrons. The molecule has 0 aliphatic carbocycles. The highest BCUT2D eigenvalue weighted by Gasteiger charge is 2.27. The van der Waals surface area contributed by atoms with Crippen LogP contribution in [-0.2, 0) is 16.1 Å². The van der Waals surface area contributed by atoms with Gasteiger partial charge in [0.05, 0.1) is 12.5 Å². The van der Waals surface area contributed by atoms with Crippen molar-refractivity contribution in [2.24, 2.45) is 0 Å². The number of rotatable bonds is 5. The van der Waals surface area contributed by atoms with Gasteiger partial charge in [0.15, 0.2) is 10.9 Å². The minimum Gasteiger partial charge on any atom is -0.459 e. The zero-order valence-corrected chi connectivity index (χ0v) is 15.9. The van der Waals surface area contributed by atoms with Crippen LogP contribution in [-0.4, -0.2) is 26.4 Å². The highest BCUT2D eigenvalue weighted by molar-refractivity contribution is 7.99. The Morgan fingerprint density at radius 1 is 1.24 bits per heavy atom. The zero-order valence-electron chi connectivity index (χ0n) is 15.1. The number of thioether (sulfide) groups is 1. The first-order chi connectivity index (χ1) is 14.2. The van der Waals surface area contributed by atoms with Gasteiger partial charge in [-0.15, -0.1) is 0 Å². The first-order valence-electron chi connectivity index (χ1n) is 8.98. The van der Waals surface area contributed by atoms with Crippen molar-refractivity contribution < 1.29 is 18.5 Å². The van der Waals surface area contributed by atoms with E-state index in [9.17, 15) is 9.59 Å². The van der Waals surface area contributed by atoms with Crippen LogP contribution in [0.3, 0.4) is 0 Å². The summed E-state index contributed by atoms with van der Waals surface area (Å²) in [4.78, 5) is 28.4. The molecule has 1 atom stereocenters. The maximum absolute atomic E-state index is 12.2. The van der Waals surface area contributed by atoms with Crippen LogP contribution < -0.4 is 5.56 Å². The van der Waals surface area contributed by atoms with Crippen LogP contribution in [0.4, 0.5) is 0 Å². The number of hydrogen-bond donors (Lipinski definition) is 0. The molecule has 1 aliphatic rings. The Labute approximate surface area is 168 Å². The van der Waals surface area contributed by atoms with Crippen molar-refractivity contribution in [3.05, 3.63) is 64.7 Å². The molecule has 8 nitrogen and oxygen atoms in total. The number of furan rings is 1. The molecule has 4 heterocycles. The SMILES string of the molecule is O=C(CC1CSc2nccc(=O)n21)OCc1cc(-c2cc3ccccc3o2)on1. The summed E-state index contributed by atoms with van der Waals surface area (Å²) in [5.74, 6) is 1.22. The first-order valence-corrected chi connectivity index (χ1v) is 9.96. The Kier molecular flexibility index (Phi) is 4.44. The lowest BCUT2D eigenvalue weighted by Gasteiger charge is -2.11. The molecule has 5 rings (SSSR count). The lowest BCUT2D eigenvalue weighted by Crippen LogP contribution is -2.25. The van der Waals surface area contributed by atoms with Crippen LogP contribution in [0.1, 0.15) is 18.2 Å². The average molecular weight is 409 g/mol. The van der Waals surface area contributed by atoms with Crippen LogP contribution >= 0.6 is 11.8 Å². The van der Waals surface area contributed by atoms with E-state index in [0.717, 1.165) is 11.0 Å². The van der Waals surface area contributed by atoms with Gasteiger partial charge in [0, 0.05) is 29.5 Å². The van der Waals surface area contributed by atoms with Crippen molar-refractivity contribution in [3.8, 4) is 11.5 Å². The van der Waals surface area contributed by atoms with E-state index in [4.69, 9.17) is 13.7 Å². The smallest absolute Gasteiger partial charge is 0.308 e. The molecule has 1 unspecified atom stereocenters. The predicted molar refractivity (Wildman–Crippen MR) is 104 cm³/mol. The summed E-state index contributed by atoms with van der Waals surface area (Å²) in [6.45, 7) is -0.0166. The minimum absolute atomic E-state index is 0.0166. The zero-order chi connectivity index (χ0) is 19.8. The number of benzene rings is 1. The first kappa shape index (κ1) is 17.7. The molecule has 0 spiro atoms. The second-order valence-corrected chi connectivity index (χ2v) is 7.58. The van der Waals surface area contributed by atoms with E-state index in [1.165, 1.54) is 24.0 Å². The molecule has 0 radical (unpaired) electrons. The van der Waals surface area contributed by atoms with E-state index >= 15 is 0 Å². The highest BCUT2D eigenvalue weighted by Crippen LogP contribution is 2.32. The minimum atomic E-state index is -0.410. The Hall–Kier alpha value is -3.33. The number of aromatic nitrogens is 3. The van der Waals surface area contributed by atoms with Crippen molar-refractivity contribution >= 4 is 28.7 Å². The molecule has 29 heavy (non-hydrogen) atoms. The Morgan fingerprint density at radius 3 is 3.03 bits per heavy atom. The summed E-state index contributed by atoms with van der Waals surface area (Å²) in [5, 5.41) is 5.53. The fourth-order valence-electron chi connectivity index (χ4n) is 3.24. The van der Waals surface area contributed by atoms with Gasteiger partial charge in [-0.25, -0.2) is 4.98 Å². The van der Waals surface area contributed by atoms with Crippen molar-refractivity contribution in [1.29, 1.82) is 0 Å². The number of ether oxygens (including phenoxy) is 1. The van der Waals surface area contributed by atoms with E-state index in [-0.39, 0.29) is 24.6 Å². The van der Waals surface area contributed by atoms with Crippen molar-refractivity contribution in [2.75, 3.05) is 5.75 Å². The summed E-state index contributed by atoms with van der Waals surface area (Å²) in [7, 11) is 0. The van der Waals surface area contributed by atoms with Crippen LogP contribution in [0.2, 0.25) is 0 Å². The normalized spacial score (nSPS) is 15.5. The number of esters is 1. The van der Waals surface area contributed by atoms with Gasteiger partial charge >= 0.3 is 5.97 Å². The van der Waals surface area contributed by atoms with Crippen molar-refractivity contribution in [3.63, 3.8) is 0 Å². The van der Waals surface area contributed by atoms with E-state index < -0.39 is 5.97 Å². The third-order valence-electron chi connectivity index (χ3n) is 4.63. The maximum atomic E-state index is 12.2. The van der Waals surface area contributed by atoms with Gasteiger partial charge in [0.25, 0.3) is 5.56 Å². The van der Waals surface area contributed by atoms with E-state index in [1.807, 2.05) is 30.3 Å². The molecule has 0 fully saturated rings. The molecule has 3 aromatic heterocycles. The molecule has 4 aromatic rings. The number of carbonyl (C=O) groups is 1. The third-order valence-corrected chi connectivity index (χ3v) is 5.74. The fourth-order valence-corrected chi connectivity index (χ4v) is 4.37. The predicted octanol–water partition coefficient (Wildman–Crippen LogP) is 3.42. The quantitative estimate of drug-likeness (QED) is 0.365. The highest BCUT2D eigenvalue weighted by atomic mass is 32.2. The molecular weight excluding hydrogens is 394 g/mol. The van der Waals surface area contributed by atoms with Gasteiger partial charge in [0.1, 0.15) is 17.9 Å². The van der Waals surface area contributed by atoms with Crippen LogP contribution in [0, 0.1) is 0 Å². The molecule has 0 saturated heterocycles. The van der Waals surface area contributed by atoms with E-state index in [2.05, 4.69) is 10.1 Å². The Morgan fingerprint density at radius 2 is 2.14 bits per heavy atom. The number of para-hydroxylation sites is 1. The monoisotopic (exact) mass is 409 g/mol. The summed E-state index contributed by atoms with van der Waals surface area (Å²) < 4.78 is 17.9. The third kappa shape index (κ3) is 3.44. The second kappa shape index (κ2) is 7.25. The fraction of sp³-hybridized carbons (Fsp3) is 0.200. The Balaban J connectivity index is 1.23. The number of carbonyl (C=O) groups excluding carboxylic acids is 1. The molecule has 0 N–H and O–H groups in total. The molecule has 0 amide bonds. The van der Waals surface area contributed by atoms with Crippen LogP contribution in [0.25, 0.3) is 22.5 Å². The molecule has 9 heteroatoms. The lowest BCUT2D eigenvalue weighted by atomic mass is 10.2. The molecule has 1 aliphatic heterocycles. The summed E-state index contributed by atoms with van der Waals surface area (Å²) in [6.07, 6.45) is 1.58. The van der Waals surface area contributed by atoms with Gasteiger partial charge in [-0.1, -0.05) is 35.1 Å². The summed E-state index contributed by atoms with van der Waals surface area (Å²) >= 11 is 1.46. The summed E-state index contributed by atoms with van der Waals surface area (Å²) in [6, 6.07) is 12.3. The van der Waals surface area contributed by atoms with Crippen LogP contribution in [0.5, 0.6) is 0 Å². The van der Waals surface area contributed by atoms with Gasteiger partial charge in [0.2, 0.25) is 5.76 Å². The number of hydrogen-bond acceptors (Lipinski definition) is 8. The van der Waals surface area contributed by atoms with Crippen molar-refractivity contribution in [1.82, 2.24) is 14.7 Å². The van der Waals surface area contributed by atoms with Crippen LogP contribution in [0.15, 0.2) is 67.6 Å². The number of nitrogens with zero attached hydrogens (tertiary/aromatic N) is 3. The largest absolute Gasteiger partial charge is 0.459 e. The topological polar surface area (TPSA) is 100 Å². The van der Waals surface area contributed by atoms with Gasteiger partial charge in [-0.2, -0.15) is 0 Å². The molecule has 0 saturated carbocycles. The van der Waals surface area contributed by atoms with E-state index in [0.29, 0.717) is 28.1 Å². The standard InChI is InChI=1S/C20H15N3O5S/c24-18-5-6-21-20-23(18)14(11-29-20)9-19(25)26-10-13-8-17(28-22-13)16-7-12-3-1-2-4-15(12)27-16/h1-8,14H,9-11H2. The van der Waals surface area contributed by atoms with Gasteiger partial charge in [-0.3, -0.25) is 14.2 Å². The molecule has 1 aromatic carbocycles. The average Bonchev–Trinajstić information content (AvgIpc) is 3.45. The lowest BCUT2D eigenvalue weighted by molar-refractivity contribution is -0.145. The van der Waals surface area contributed by atoms with Gasteiger partial charge in [-0.05, 0) is 12.1 Å².